The number of morpholine rings is 1. The van der Waals surface area contributed by atoms with Crippen molar-refractivity contribution in [3.8, 4) is 0 Å². The van der Waals surface area contributed by atoms with Gasteiger partial charge in [0.05, 0.1) is 31.2 Å². The maximum absolute atomic E-state index is 12.4. The predicted octanol–water partition coefficient (Wildman–Crippen LogP) is 0.206. The van der Waals surface area contributed by atoms with Crippen molar-refractivity contribution in [2.75, 3.05) is 19.8 Å². The molecule has 104 valence electrons. The molecule has 1 rings (SSSR count). The summed E-state index contributed by atoms with van der Waals surface area (Å²) in [6.45, 7) is 4.85. The molecule has 6 nitrogen and oxygen atoms in total. The Labute approximate surface area is 107 Å². The molecule has 3 N–H and O–H groups in total. The summed E-state index contributed by atoms with van der Waals surface area (Å²) in [5, 5.41) is 8.86. The molecule has 1 atom stereocenters. The topological polar surface area (TPSA) is 92.9 Å². The van der Waals surface area contributed by atoms with E-state index in [1.807, 2.05) is 13.8 Å². The van der Waals surface area contributed by atoms with Crippen molar-refractivity contribution < 1.29 is 19.4 Å². The Hall–Kier alpha value is -1.14. The first-order chi connectivity index (χ1) is 8.44. The summed E-state index contributed by atoms with van der Waals surface area (Å²) in [5.74, 6) is -1.10. The van der Waals surface area contributed by atoms with E-state index in [0.29, 0.717) is 26.0 Å². The smallest absolute Gasteiger partial charge is 0.305 e. The quantitative estimate of drug-likeness (QED) is 0.735. The number of amides is 1. The minimum atomic E-state index is -0.932. The van der Waals surface area contributed by atoms with Gasteiger partial charge in [0.1, 0.15) is 0 Å². The first-order valence-corrected chi connectivity index (χ1v) is 6.34. The number of ether oxygens (including phenoxy) is 1. The molecule has 0 bridgehead atoms. The molecule has 0 aliphatic carbocycles. The van der Waals surface area contributed by atoms with Crippen LogP contribution in [0.15, 0.2) is 0 Å². The molecule has 0 radical (unpaired) electrons. The fourth-order valence-corrected chi connectivity index (χ4v) is 2.13. The Morgan fingerprint density at radius 2 is 2.06 bits per heavy atom. The first-order valence-electron chi connectivity index (χ1n) is 6.34. The number of rotatable bonds is 5. The first kappa shape index (κ1) is 14.9. The number of carbonyl (C=O) groups is 2. The van der Waals surface area contributed by atoms with Gasteiger partial charge in [0.25, 0.3) is 0 Å². The molecular weight excluding hydrogens is 236 g/mol. The maximum Gasteiger partial charge on any atom is 0.305 e. The third-order valence-electron chi connectivity index (χ3n) is 3.59. The van der Waals surface area contributed by atoms with E-state index >= 15 is 0 Å². The Balaban J connectivity index is 2.82. The van der Waals surface area contributed by atoms with Crippen molar-refractivity contribution in [2.45, 2.75) is 44.7 Å². The van der Waals surface area contributed by atoms with Crippen LogP contribution in [0.4, 0.5) is 0 Å². The van der Waals surface area contributed by atoms with Crippen LogP contribution in [0.2, 0.25) is 0 Å². The van der Waals surface area contributed by atoms with Crippen LogP contribution in [0.25, 0.3) is 0 Å². The van der Waals surface area contributed by atoms with Crippen molar-refractivity contribution in [1.29, 1.82) is 0 Å². The fraction of sp³-hybridized carbons (Fsp3) is 0.833. The number of aliphatic carboxylic acids is 1. The van der Waals surface area contributed by atoms with E-state index in [2.05, 4.69) is 0 Å². The summed E-state index contributed by atoms with van der Waals surface area (Å²) >= 11 is 0. The highest BCUT2D eigenvalue weighted by Crippen LogP contribution is 2.20. The highest BCUT2D eigenvalue weighted by Gasteiger charge is 2.38. The third kappa shape index (κ3) is 3.20. The summed E-state index contributed by atoms with van der Waals surface area (Å²) in [6.07, 6.45) is 0.980. The lowest BCUT2D eigenvalue weighted by Crippen LogP contribution is -2.60. The Morgan fingerprint density at radius 1 is 1.44 bits per heavy atom. The van der Waals surface area contributed by atoms with Crippen LogP contribution < -0.4 is 5.73 Å². The number of nitrogens with zero attached hydrogens (tertiary/aromatic N) is 1. The fourth-order valence-electron chi connectivity index (χ4n) is 2.13. The molecule has 0 spiro atoms. The summed E-state index contributed by atoms with van der Waals surface area (Å²) in [5.41, 5.74) is 5.19. The standard InChI is InChI=1S/C12H22N2O4/c1-3-12(13,4-2)11(17)14-5-6-18-8-9(14)7-10(15)16/h9H,3-8,13H2,1-2H3,(H,15,16). The number of hydrogen-bond acceptors (Lipinski definition) is 4. The normalized spacial score (nSPS) is 20.8. The van der Waals surface area contributed by atoms with Gasteiger partial charge in [-0.3, -0.25) is 9.59 Å². The van der Waals surface area contributed by atoms with Crippen molar-refractivity contribution >= 4 is 11.9 Å². The molecule has 1 unspecified atom stereocenters. The van der Waals surface area contributed by atoms with Gasteiger partial charge < -0.3 is 20.5 Å². The molecule has 0 aromatic heterocycles. The van der Waals surface area contributed by atoms with Crippen LogP contribution in [-0.4, -0.2) is 53.2 Å². The van der Waals surface area contributed by atoms with Gasteiger partial charge in [-0.2, -0.15) is 0 Å². The monoisotopic (exact) mass is 258 g/mol. The van der Waals surface area contributed by atoms with Crippen LogP contribution in [0.3, 0.4) is 0 Å². The lowest BCUT2D eigenvalue weighted by atomic mass is 9.91. The zero-order valence-electron chi connectivity index (χ0n) is 11.0. The molecule has 6 heteroatoms. The average Bonchev–Trinajstić information content (AvgIpc) is 2.37. The Morgan fingerprint density at radius 3 is 2.56 bits per heavy atom. The summed E-state index contributed by atoms with van der Waals surface area (Å²) in [6, 6.07) is -0.412. The molecule has 18 heavy (non-hydrogen) atoms. The number of carboxylic acid groups (broad SMARTS) is 1. The molecular formula is C12H22N2O4. The highest BCUT2D eigenvalue weighted by atomic mass is 16.5. The second-order valence-electron chi connectivity index (χ2n) is 4.69. The Bertz CT molecular complexity index is 315. The van der Waals surface area contributed by atoms with Crippen LogP contribution in [0.1, 0.15) is 33.1 Å². The van der Waals surface area contributed by atoms with Gasteiger partial charge in [-0.05, 0) is 12.8 Å². The van der Waals surface area contributed by atoms with Crippen LogP contribution in [-0.2, 0) is 14.3 Å². The molecule has 0 saturated carbocycles. The van der Waals surface area contributed by atoms with E-state index < -0.39 is 17.6 Å². The zero-order valence-corrected chi connectivity index (χ0v) is 11.0. The Kier molecular flexibility index (Phi) is 5.10. The average molecular weight is 258 g/mol. The predicted molar refractivity (Wildman–Crippen MR) is 66.1 cm³/mol. The van der Waals surface area contributed by atoms with Crippen LogP contribution in [0, 0.1) is 0 Å². The number of carbonyl (C=O) groups excluding carboxylic acids is 1. The van der Waals surface area contributed by atoms with Gasteiger partial charge in [0, 0.05) is 6.54 Å². The summed E-state index contributed by atoms with van der Waals surface area (Å²) in [4.78, 5) is 24.8. The lowest BCUT2D eigenvalue weighted by Gasteiger charge is -2.40. The van der Waals surface area contributed by atoms with Crippen LogP contribution in [0.5, 0.6) is 0 Å². The molecule has 1 amide bonds. The molecule has 1 aliphatic heterocycles. The van der Waals surface area contributed by atoms with Gasteiger partial charge in [-0.15, -0.1) is 0 Å². The second kappa shape index (κ2) is 6.15. The zero-order chi connectivity index (χ0) is 13.8. The number of hydrogen-bond donors (Lipinski definition) is 2. The van der Waals surface area contributed by atoms with E-state index in [4.69, 9.17) is 15.6 Å². The van der Waals surface area contributed by atoms with Crippen LogP contribution >= 0.6 is 0 Å². The largest absolute Gasteiger partial charge is 0.481 e. The third-order valence-corrected chi connectivity index (χ3v) is 3.59. The van der Waals surface area contributed by atoms with Crippen molar-refractivity contribution in [3.63, 3.8) is 0 Å². The van der Waals surface area contributed by atoms with Crippen molar-refractivity contribution in [2.24, 2.45) is 5.73 Å². The molecule has 0 aromatic rings. The van der Waals surface area contributed by atoms with E-state index in [1.54, 1.807) is 4.90 Å². The van der Waals surface area contributed by atoms with E-state index in [1.165, 1.54) is 0 Å². The minimum absolute atomic E-state index is 0.102. The maximum atomic E-state index is 12.4. The van der Waals surface area contributed by atoms with E-state index in [9.17, 15) is 9.59 Å². The lowest BCUT2D eigenvalue weighted by molar-refractivity contribution is -0.150. The van der Waals surface area contributed by atoms with Crippen molar-refractivity contribution in [3.05, 3.63) is 0 Å². The molecule has 0 aromatic carbocycles. The van der Waals surface area contributed by atoms with E-state index in [0.717, 1.165) is 0 Å². The van der Waals surface area contributed by atoms with Gasteiger partial charge in [0.2, 0.25) is 5.91 Å². The highest BCUT2D eigenvalue weighted by molar-refractivity contribution is 5.86. The van der Waals surface area contributed by atoms with Crippen molar-refractivity contribution in [1.82, 2.24) is 4.90 Å². The second-order valence-corrected chi connectivity index (χ2v) is 4.69. The molecule has 1 saturated heterocycles. The number of carboxylic acids is 1. The van der Waals surface area contributed by atoms with Gasteiger partial charge in [-0.25, -0.2) is 0 Å². The van der Waals surface area contributed by atoms with Gasteiger partial charge in [-0.1, -0.05) is 13.8 Å². The van der Waals surface area contributed by atoms with Gasteiger partial charge >= 0.3 is 5.97 Å². The summed E-state index contributed by atoms with van der Waals surface area (Å²) in [7, 11) is 0. The molecule has 1 aliphatic rings. The van der Waals surface area contributed by atoms with Gasteiger partial charge in [0.15, 0.2) is 0 Å². The minimum Gasteiger partial charge on any atom is -0.481 e. The van der Waals surface area contributed by atoms with E-state index in [-0.39, 0.29) is 18.9 Å². The SMILES string of the molecule is CCC(N)(CC)C(=O)N1CCOCC1CC(=O)O. The molecule has 1 fully saturated rings. The summed E-state index contributed by atoms with van der Waals surface area (Å²) < 4.78 is 5.25. The number of nitrogens with two attached hydrogens (primary N) is 1. The molecule has 1 heterocycles.